The zero-order chi connectivity index (χ0) is 12.3. The highest BCUT2D eigenvalue weighted by molar-refractivity contribution is 6.30. The van der Waals surface area contributed by atoms with Crippen LogP contribution in [-0.2, 0) is 0 Å². The number of nitrogens with one attached hydrogen (secondary N) is 1. The Morgan fingerprint density at radius 2 is 2.28 bits per heavy atom. The Morgan fingerprint density at radius 3 is 2.94 bits per heavy atom. The molecule has 0 aromatic heterocycles. The quantitative estimate of drug-likeness (QED) is 0.919. The zero-order valence-corrected chi connectivity index (χ0v) is 12.6. The third kappa shape index (κ3) is 4.43. The summed E-state index contributed by atoms with van der Waals surface area (Å²) < 4.78 is 0. The van der Waals surface area contributed by atoms with Crippen molar-refractivity contribution in [2.24, 2.45) is 0 Å². The Balaban J connectivity index is 0.00000162. The molecule has 2 nitrogen and oxygen atoms in total. The van der Waals surface area contributed by atoms with Crippen molar-refractivity contribution in [2.45, 2.75) is 25.8 Å². The second kappa shape index (κ2) is 7.34. The molecule has 1 aromatic rings. The molecule has 4 heteroatoms. The molecule has 0 radical (unpaired) electrons. The number of rotatable bonds is 3. The summed E-state index contributed by atoms with van der Waals surface area (Å²) >= 11 is 6.03. The minimum atomic E-state index is 0. The SMILES string of the molecule is CC1CN(CC(C)c2cccc(Cl)c2)CCN1.Cl. The number of nitrogens with zero attached hydrogens (tertiary/aromatic N) is 1. The summed E-state index contributed by atoms with van der Waals surface area (Å²) in [7, 11) is 0. The van der Waals surface area contributed by atoms with Crippen molar-refractivity contribution in [3.05, 3.63) is 34.9 Å². The van der Waals surface area contributed by atoms with Crippen molar-refractivity contribution < 1.29 is 0 Å². The number of hydrogen-bond acceptors (Lipinski definition) is 2. The fourth-order valence-corrected chi connectivity index (χ4v) is 2.68. The van der Waals surface area contributed by atoms with E-state index in [1.54, 1.807) is 0 Å². The first-order chi connectivity index (χ1) is 8.15. The lowest BCUT2D eigenvalue weighted by Crippen LogP contribution is -2.49. The van der Waals surface area contributed by atoms with E-state index in [0.29, 0.717) is 12.0 Å². The van der Waals surface area contributed by atoms with Gasteiger partial charge in [0.15, 0.2) is 0 Å². The number of piperazine rings is 1. The van der Waals surface area contributed by atoms with E-state index in [1.807, 2.05) is 12.1 Å². The molecular weight excluding hydrogens is 267 g/mol. The average molecular weight is 289 g/mol. The summed E-state index contributed by atoms with van der Waals surface area (Å²) in [5, 5.41) is 4.31. The summed E-state index contributed by atoms with van der Waals surface area (Å²) in [6.45, 7) is 9.03. The largest absolute Gasteiger partial charge is 0.312 e. The van der Waals surface area contributed by atoms with E-state index in [9.17, 15) is 0 Å². The number of halogens is 2. The monoisotopic (exact) mass is 288 g/mol. The van der Waals surface area contributed by atoms with E-state index in [1.165, 1.54) is 5.56 Å². The summed E-state index contributed by atoms with van der Waals surface area (Å²) in [6.07, 6.45) is 0. The smallest absolute Gasteiger partial charge is 0.0408 e. The second-order valence-electron chi connectivity index (χ2n) is 5.07. The fraction of sp³-hybridized carbons (Fsp3) is 0.571. The van der Waals surface area contributed by atoms with Gasteiger partial charge in [0.1, 0.15) is 0 Å². The normalized spacial score (nSPS) is 22.3. The molecule has 2 unspecified atom stereocenters. The van der Waals surface area contributed by atoms with Gasteiger partial charge >= 0.3 is 0 Å². The average Bonchev–Trinajstić information content (AvgIpc) is 2.29. The maximum Gasteiger partial charge on any atom is 0.0408 e. The third-order valence-corrected chi connectivity index (χ3v) is 3.64. The Hall–Kier alpha value is -0.280. The van der Waals surface area contributed by atoms with Crippen LogP contribution in [0.3, 0.4) is 0 Å². The van der Waals surface area contributed by atoms with E-state index in [-0.39, 0.29) is 12.4 Å². The molecule has 0 aliphatic carbocycles. The Kier molecular flexibility index (Phi) is 6.44. The van der Waals surface area contributed by atoms with Crippen LogP contribution < -0.4 is 5.32 Å². The molecule has 1 N–H and O–H groups in total. The third-order valence-electron chi connectivity index (χ3n) is 3.40. The van der Waals surface area contributed by atoms with Gasteiger partial charge in [0.25, 0.3) is 0 Å². The minimum absolute atomic E-state index is 0. The number of benzene rings is 1. The van der Waals surface area contributed by atoms with Gasteiger partial charge in [-0.25, -0.2) is 0 Å². The molecule has 0 amide bonds. The summed E-state index contributed by atoms with van der Waals surface area (Å²) in [6, 6.07) is 8.83. The van der Waals surface area contributed by atoms with Gasteiger partial charge in [0, 0.05) is 37.2 Å². The van der Waals surface area contributed by atoms with Crippen LogP contribution in [0.4, 0.5) is 0 Å². The lowest BCUT2D eigenvalue weighted by Gasteiger charge is -2.33. The van der Waals surface area contributed by atoms with Crippen LogP contribution in [0.1, 0.15) is 25.3 Å². The lowest BCUT2D eigenvalue weighted by atomic mass is 10.00. The van der Waals surface area contributed by atoms with E-state index in [0.717, 1.165) is 31.2 Å². The van der Waals surface area contributed by atoms with Crippen LogP contribution >= 0.6 is 24.0 Å². The van der Waals surface area contributed by atoms with Crippen molar-refractivity contribution >= 4 is 24.0 Å². The molecule has 1 aliphatic heterocycles. The van der Waals surface area contributed by atoms with Gasteiger partial charge in [-0.2, -0.15) is 0 Å². The summed E-state index contributed by atoms with van der Waals surface area (Å²) in [5.41, 5.74) is 1.34. The molecule has 1 heterocycles. The molecule has 102 valence electrons. The van der Waals surface area contributed by atoms with Crippen molar-refractivity contribution in [3.8, 4) is 0 Å². The highest BCUT2D eigenvalue weighted by Gasteiger charge is 2.18. The van der Waals surface area contributed by atoms with Gasteiger partial charge in [0.05, 0.1) is 0 Å². The molecule has 0 spiro atoms. The Morgan fingerprint density at radius 1 is 1.50 bits per heavy atom. The first kappa shape index (κ1) is 15.8. The Labute approximate surface area is 121 Å². The standard InChI is InChI=1S/C14H21ClN2.ClH/c1-11(13-4-3-5-14(15)8-13)9-17-7-6-16-12(2)10-17;/h3-5,8,11-12,16H,6-7,9-10H2,1-2H3;1H. The van der Waals surface area contributed by atoms with Gasteiger partial charge < -0.3 is 5.32 Å². The highest BCUT2D eigenvalue weighted by atomic mass is 35.5. The van der Waals surface area contributed by atoms with Crippen molar-refractivity contribution in [1.29, 1.82) is 0 Å². The van der Waals surface area contributed by atoms with Crippen LogP contribution in [0.25, 0.3) is 0 Å². The Bertz CT molecular complexity index is 371. The highest BCUT2D eigenvalue weighted by Crippen LogP contribution is 2.20. The van der Waals surface area contributed by atoms with Crippen molar-refractivity contribution in [3.63, 3.8) is 0 Å². The molecule has 1 fully saturated rings. The van der Waals surface area contributed by atoms with Gasteiger partial charge in [-0.15, -0.1) is 12.4 Å². The maximum absolute atomic E-state index is 6.03. The predicted octanol–water partition coefficient (Wildman–Crippen LogP) is 3.16. The van der Waals surface area contributed by atoms with Gasteiger partial charge in [-0.1, -0.05) is 30.7 Å². The lowest BCUT2D eigenvalue weighted by molar-refractivity contribution is 0.199. The minimum Gasteiger partial charge on any atom is -0.312 e. The second-order valence-corrected chi connectivity index (χ2v) is 5.51. The van der Waals surface area contributed by atoms with Crippen molar-refractivity contribution in [2.75, 3.05) is 26.2 Å². The van der Waals surface area contributed by atoms with Crippen molar-refractivity contribution in [1.82, 2.24) is 10.2 Å². The molecule has 1 aliphatic rings. The van der Waals surface area contributed by atoms with E-state index in [4.69, 9.17) is 11.6 Å². The van der Waals surface area contributed by atoms with Crippen LogP contribution in [0.15, 0.2) is 24.3 Å². The van der Waals surface area contributed by atoms with E-state index in [2.05, 4.69) is 36.2 Å². The molecule has 2 rings (SSSR count). The molecule has 0 bridgehead atoms. The van der Waals surface area contributed by atoms with E-state index >= 15 is 0 Å². The van der Waals surface area contributed by atoms with Crippen LogP contribution in [0.5, 0.6) is 0 Å². The number of hydrogen-bond donors (Lipinski definition) is 1. The molecular formula is C14H22Cl2N2. The summed E-state index contributed by atoms with van der Waals surface area (Å²) in [5.74, 6) is 0.541. The van der Waals surface area contributed by atoms with Crippen LogP contribution in [-0.4, -0.2) is 37.1 Å². The molecule has 0 saturated carbocycles. The molecule has 18 heavy (non-hydrogen) atoms. The summed E-state index contributed by atoms with van der Waals surface area (Å²) in [4.78, 5) is 2.53. The predicted molar refractivity (Wildman–Crippen MR) is 81.0 cm³/mol. The van der Waals surface area contributed by atoms with Gasteiger partial charge in [-0.05, 0) is 30.5 Å². The van der Waals surface area contributed by atoms with Crippen LogP contribution in [0.2, 0.25) is 5.02 Å². The molecule has 1 saturated heterocycles. The fourth-order valence-electron chi connectivity index (χ4n) is 2.48. The zero-order valence-electron chi connectivity index (χ0n) is 11.0. The first-order valence-electron chi connectivity index (χ1n) is 6.36. The maximum atomic E-state index is 6.03. The van der Waals surface area contributed by atoms with Crippen LogP contribution in [0, 0.1) is 0 Å². The molecule has 2 atom stereocenters. The van der Waals surface area contributed by atoms with Gasteiger partial charge in [0.2, 0.25) is 0 Å². The molecule has 1 aromatic carbocycles. The van der Waals surface area contributed by atoms with Gasteiger partial charge in [-0.3, -0.25) is 4.90 Å². The topological polar surface area (TPSA) is 15.3 Å². The van der Waals surface area contributed by atoms with E-state index < -0.39 is 0 Å². The first-order valence-corrected chi connectivity index (χ1v) is 6.74.